The highest BCUT2D eigenvalue weighted by Crippen LogP contribution is 2.33. The van der Waals surface area contributed by atoms with Crippen LogP contribution in [-0.4, -0.2) is 35.5 Å². The van der Waals surface area contributed by atoms with Gasteiger partial charge in [0.25, 0.3) is 0 Å². The predicted molar refractivity (Wildman–Crippen MR) is 70.2 cm³/mol. The second kappa shape index (κ2) is 5.26. The Bertz CT molecular complexity index is 509. The van der Waals surface area contributed by atoms with Crippen LogP contribution in [0.4, 0.5) is 5.95 Å². The first kappa shape index (κ1) is 13.3. The van der Waals surface area contributed by atoms with Crippen molar-refractivity contribution < 1.29 is 8.42 Å². The molecular formula is C11H20N4O2S. The maximum absolute atomic E-state index is 12.1. The summed E-state index contributed by atoms with van der Waals surface area (Å²) in [4.78, 5) is 0. The van der Waals surface area contributed by atoms with E-state index in [1.54, 1.807) is 0 Å². The van der Waals surface area contributed by atoms with E-state index in [9.17, 15) is 8.42 Å². The topological polar surface area (TPSA) is 76.9 Å². The van der Waals surface area contributed by atoms with Gasteiger partial charge in [-0.3, -0.25) is 4.57 Å². The van der Waals surface area contributed by atoms with Crippen molar-refractivity contribution in [3.8, 4) is 0 Å². The summed E-state index contributed by atoms with van der Waals surface area (Å²) >= 11 is 0. The first-order chi connectivity index (χ1) is 8.60. The number of anilines is 1. The lowest BCUT2D eigenvalue weighted by atomic mass is 10.2. The van der Waals surface area contributed by atoms with Crippen LogP contribution in [0.1, 0.15) is 44.2 Å². The van der Waals surface area contributed by atoms with Gasteiger partial charge in [-0.05, 0) is 26.7 Å². The van der Waals surface area contributed by atoms with Crippen LogP contribution in [0.3, 0.4) is 0 Å². The molecule has 102 valence electrons. The second-order valence-electron chi connectivity index (χ2n) is 4.51. The molecule has 18 heavy (non-hydrogen) atoms. The number of nitrogens with one attached hydrogen (secondary N) is 1. The zero-order chi connectivity index (χ0) is 13.2. The van der Waals surface area contributed by atoms with Gasteiger partial charge in [0, 0.05) is 13.1 Å². The van der Waals surface area contributed by atoms with Crippen LogP contribution < -0.4 is 5.32 Å². The highest BCUT2D eigenvalue weighted by Gasteiger charge is 2.34. The van der Waals surface area contributed by atoms with Gasteiger partial charge in [-0.25, -0.2) is 8.42 Å². The number of rotatable bonds is 4. The molecule has 0 radical (unpaired) electrons. The van der Waals surface area contributed by atoms with Crippen molar-refractivity contribution in [3.05, 3.63) is 5.82 Å². The predicted octanol–water partition coefficient (Wildman–Crippen LogP) is 1.37. The molecule has 0 saturated carbocycles. The van der Waals surface area contributed by atoms with Gasteiger partial charge in [0.15, 0.2) is 15.7 Å². The summed E-state index contributed by atoms with van der Waals surface area (Å²) in [5.41, 5.74) is 0. The van der Waals surface area contributed by atoms with Gasteiger partial charge in [-0.2, -0.15) is 0 Å². The summed E-state index contributed by atoms with van der Waals surface area (Å²) in [7, 11) is -3.06. The Morgan fingerprint density at radius 2 is 2.11 bits per heavy atom. The molecule has 7 heteroatoms. The summed E-state index contributed by atoms with van der Waals surface area (Å²) in [6.45, 7) is 5.38. The number of aromatic nitrogens is 3. The van der Waals surface area contributed by atoms with Crippen molar-refractivity contribution in [1.29, 1.82) is 0 Å². The lowest BCUT2D eigenvalue weighted by Crippen LogP contribution is -2.24. The zero-order valence-corrected chi connectivity index (χ0v) is 11.7. The molecule has 0 aliphatic carbocycles. The average Bonchev–Trinajstić information content (AvgIpc) is 2.72. The van der Waals surface area contributed by atoms with E-state index in [4.69, 9.17) is 0 Å². The van der Waals surface area contributed by atoms with Crippen LogP contribution in [0, 0.1) is 0 Å². The van der Waals surface area contributed by atoms with Crippen molar-refractivity contribution in [1.82, 2.24) is 14.8 Å². The van der Waals surface area contributed by atoms with Gasteiger partial charge in [0.1, 0.15) is 5.25 Å². The number of hydrogen-bond acceptors (Lipinski definition) is 5. The van der Waals surface area contributed by atoms with Crippen LogP contribution in [0.15, 0.2) is 0 Å². The van der Waals surface area contributed by atoms with Gasteiger partial charge in [0.2, 0.25) is 5.95 Å². The van der Waals surface area contributed by atoms with E-state index < -0.39 is 15.1 Å². The zero-order valence-electron chi connectivity index (χ0n) is 10.9. The molecule has 2 rings (SSSR count). The van der Waals surface area contributed by atoms with E-state index in [2.05, 4.69) is 15.5 Å². The monoisotopic (exact) mass is 272 g/mol. The number of hydrogen-bond donors (Lipinski definition) is 1. The van der Waals surface area contributed by atoms with Crippen molar-refractivity contribution in [2.75, 3.05) is 17.6 Å². The minimum atomic E-state index is -3.06. The second-order valence-corrected chi connectivity index (χ2v) is 6.81. The quantitative estimate of drug-likeness (QED) is 0.895. The first-order valence-electron chi connectivity index (χ1n) is 6.48. The highest BCUT2D eigenvalue weighted by molar-refractivity contribution is 7.91. The molecule has 0 spiro atoms. The Hall–Kier alpha value is -1.11. The van der Waals surface area contributed by atoms with Crippen LogP contribution in [0.25, 0.3) is 0 Å². The van der Waals surface area contributed by atoms with Crippen molar-refractivity contribution in [2.24, 2.45) is 0 Å². The third-order valence-electron chi connectivity index (χ3n) is 3.30. The smallest absolute Gasteiger partial charge is 0.224 e. The lowest BCUT2D eigenvalue weighted by Gasteiger charge is -2.22. The summed E-state index contributed by atoms with van der Waals surface area (Å²) in [5, 5.41) is 10.8. The molecule has 1 unspecified atom stereocenters. The minimum Gasteiger partial charge on any atom is -0.355 e. The fourth-order valence-electron chi connectivity index (χ4n) is 2.40. The van der Waals surface area contributed by atoms with Crippen molar-refractivity contribution in [3.63, 3.8) is 0 Å². The van der Waals surface area contributed by atoms with Crippen molar-refractivity contribution in [2.45, 2.75) is 44.9 Å². The molecule has 2 heterocycles. The van der Waals surface area contributed by atoms with Crippen LogP contribution in [0.2, 0.25) is 0 Å². The molecule has 1 fully saturated rings. The van der Waals surface area contributed by atoms with Crippen molar-refractivity contribution >= 4 is 15.8 Å². The van der Waals surface area contributed by atoms with Gasteiger partial charge < -0.3 is 5.32 Å². The normalized spacial score (nSPS) is 22.9. The van der Waals surface area contributed by atoms with E-state index in [1.807, 2.05) is 18.4 Å². The largest absolute Gasteiger partial charge is 0.355 e. The van der Waals surface area contributed by atoms with Gasteiger partial charge in [-0.1, -0.05) is 6.42 Å². The highest BCUT2D eigenvalue weighted by atomic mass is 32.2. The molecule has 1 aromatic heterocycles. The lowest BCUT2D eigenvalue weighted by molar-refractivity contribution is 0.528. The van der Waals surface area contributed by atoms with E-state index in [0.717, 1.165) is 19.4 Å². The fourth-order valence-corrected chi connectivity index (χ4v) is 4.31. The third kappa shape index (κ3) is 2.36. The Balaban J connectivity index is 2.38. The Morgan fingerprint density at radius 1 is 1.33 bits per heavy atom. The minimum absolute atomic E-state index is 0.269. The number of nitrogens with zero attached hydrogens (tertiary/aromatic N) is 3. The molecule has 1 aliphatic heterocycles. The van der Waals surface area contributed by atoms with E-state index in [-0.39, 0.29) is 5.75 Å². The maximum atomic E-state index is 12.1. The van der Waals surface area contributed by atoms with Gasteiger partial charge in [0.05, 0.1) is 5.75 Å². The van der Waals surface area contributed by atoms with Crippen LogP contribution in [-0.2, 0) is 16.4 Å². The molecule has 0 amide bonds. The van der Waals surface area contributed by atoms with Crippen LogP contribution >= 0.6 is 0 Å². The Morgan fingerprint density at radius 3 is 2.72 bits per heavy atom. The van der Waals surface area contributed by atoms with E-state index >= 15 is 0 Å². The van der Waals surface area contributed by atoms with Gasteiger partial charge in [-0.15, -0.1) is 10.2 Å². The SMILES string of the molecule is CCNc1nnc(C2CCCCS2(=O)=O)n1CC. The Kier molecular flexibility index (Phi) is 3.89. The summed E-state index contributed by atoms with van der Waals surface area (Å²) in [6.07, 6.45) is 2.36. The molecular weight excluding hydrogens is 252 g/mol. The molecule has 6 nitrogen and oxygen atoms in total. The standard InChI is InChI=1S/C11H20N4O2S/c1-3-12-11-14-13-10(15(11)4-2)9-7-5-6-8-18(9,16)17/h9H,3-8H2,1-2H3,(H,12,14). The fraction of sp³-hybridized carbons (Fsp3) is 0.818. The van der Waals surface area contributed by atoms with E-state index in [0.29, 0.717) is 24.7 Å². The first-order valence-corrected chi connectivity index (χ1v) is 8.20. The van der Waals surface area contributed by atoms with Crippen LogP contribution in [0.5, 0.6) is 0 Å². The average molecular weight is 272 g/mol. The number of sulfone groups is 1. The summed E-state index contributed by atoms with van der Waals surface area (Å²) in [6, 6.07) is 0. The maximum Gasteiger partial charge on any atom is 0.224 e. The molecule has 0 bridgehead atoms. The molecule has 1 atom stereocenters. The molecule has 1 aromatic rings. The third-order valence-corrected chi connectivity index (χ3v) is 5.47. The van der Waals surface area contributed by atoms with E-state index in [1.165, 1.54) is 0 Å². The molecule has 1 N–H and O–H groups in total. The molecule has 1 saturated heterocycles. The molecule has 0 aromatic carbocycles. The summed E-state index contributed by atoms with van der Waals surface area (Å²) in [5.74, 6) is 1.52. The van der Waals surface area contributed by atoms with Gasteiger partial charge >= 0.3 is 0 Å². The molecule has 1 aliphatic rings. The Labute approximate surface area is 108 Å². The summed E-state index contributed by atoms with van der Waals surface area (Å²) < 4.78 is 26.1.